The van der Waals surface area contributed by atoms with E-state index in [1.807, 2.05) is 0 Å². The predicted molar refractivity (Wildman–Crippen MR) is 32.2 cm³/mol. The zero-order valence-electron chi connectivity index (χ0n) is 5.42. The largest absolute Gasteiger partial charge is 2.00 e. The van der Waals surface area contributed by atoms with Crippen LogP contribution in [0.25, 0.3) is 10.2 Å². The Hall–Kier alpha value is -0.352. The van der Waals surface area contributed by atoms with E-state index in [0.29, 0.717) is 0 Å². The standard InChI is InChI=1S/C4H6N2O.CH3.W/c1-5-3-4(7)6-2;;/h3H2,2H3,(H,6,7);1H3;/q;-1;+2/p-1. The molecule has 0 spiro atoms. The minimum atomic E-state index is -0.352. The van der Waals surface area contributed by atoms with E-state index in [0.717, 1.165) is 0 Å². The van der Waals surface area contributed by atoms with Gasteiger partial charge in [-0.25, -0.2) is 6.57 Å². The fraction of sp³-hybridized carbons (Fsp3) is 0.400. The Balaban J connectivity index is -0.000000180. The van der Waals surface area contributed by atoms with Crippen molar-refractivity contribution >= 4 is 5.91 Å². The molecule has 4 heteroatoms. The van der Waals surface area contributed by atoms with Crippen LogP contribution in [0.5, 0.6) is 0 Å². The molecule has 3 nitrogen and oxygen atoms in total. The molecule has 0 saturated carbocycles. The van der Waals surface area contributed by atoms with E-state index in [1.54, 1.807) is 0 Å². The van der Waals surface area contributed by atoms with E-state index in [4.69, 9.17) is 6.57 Å². The Morgan fingerprint density at radius 2 is 2.22 bits per heavy atom. The molecule has 0 atom stereocenters. The van der Waals surface area contributed by atoms with Crippen molar-refractivity contribution in [1.29, 1.82) is 0 Å². The summed E-state index contributed by atoms with van der Waals surface area (Å²) in [4.78, 5) is 12.8. The summed E-state index contributed by atoms with van der Waals surface area (Å²) in [6.45, 7) is 6.07. The van der Waals surface area contributed by atoms with Crippen LogP contribution in [0.1, 0.15) is 0 Å². The average molecular weight is 296 g/mol. The molecular formula is C5H8N2OW. The van der Waals surface area contributed by atoms with Gasteiger partial charge in [0.05, 0.1) is 0 Å². The minimum Gasteiger partial charge on any atom is -0.650 e. The Morgan fingerprint density at radius 1 is 1.78 bits per heavy atom. The van der Waals surface area contributed by atoms with Crippen LogP contribution < -0.4 is 0 Å². The van der Waals surface area contributed by atoms with Crippen molar-refractivity contribution in [3.8, 4) is 0 Å². The summed E-state index contributed by atoms with van der Waals surface area (Å²) < 4.78 is 0. The van der Waals surface area contributed by atoms with Gasteiger partial charge in [0.15, 0.2) is 0 Å². The number of likely N-dealkylation sites (N-methyl/N-ethyl adjacent to an activating group) is 1. The molecule has 0 radical (unpaired) electrons. The van der Waals surface area contributed by atoms with Crippen LogP contribution in [0.3, 0.4) is 0 Å². The minimum absolute atomic E-state index is 0. The molecule has 9 heavy (non-hydrogen) atoms. The van der Waals surface area contributed by atoms with Crippen LogP contribution in [0.15, 0.2) is 0 Å². The number of rotatable bonds is 1. The van der Waals surface area contributed by atoms with Crippen molar-refractivity contribution in [3.05, 3.63) is 24.2 Å². The summed E-state index contributed by atoms with van der Waals surface area (Å²) in [7, 11) is 1.38. The SMILES string of the molecule is [C-]#[N+]CC(=O)[N-]C.[CH3-].[W+2]. The molecule has 0 heterocycles. The zero-order valence-corrected chi connectivity index (χ0v) is 8.35. The van der Waals surface area contributed by atoms with E-state index < -0.39 is 0 Å². The van der Waals surface area contributed by atoms with Gasteiger partial charge in [-0.15, -0.1) is 7.05 Å². The monoisotopic (exact) mass is 296 g/mol. The second kappa shape index (κ2) is 10.6. The second-order valence-electron chi connectivity index (χ2n) is 0.934. The molecule has 0 N–H and O–H groups in total. The maximum atomic E-state index is 10.0. The Morgan fingerprint density at radius 3 is 2.33 bits per heavy atom. The van der Waals surface area contributed by atoms with Crippen LogP contribution in [0.2, 0.25) is 0 Å². The normalized spacial score (nSPS) is 5.33. The summed E-state index contributed by atoms with van der Waals surface area (Å²) in [6.07, 6.45) is 0. The van der Waals surface area contributed by atoms with Gasteiger partial charge in [-0.05, 0) is 0 Å². The smallest absolute Gasteiger partial charge is 0.650 e. The van der Waals surface area contributed by atoms with Crippen LogP contribution in [0.4, 0.5) is 0 Å². The maximum Gasteiger partial charge on any atom is 2.00 e. The fourth-order valence-electron chi connectivity index (χ4n) is 0.138. The topological polar surface area (TPSA) is 35.5 Å². The summed E-state index contributed by atoms with van der Waals surface area (Å²) in [6, 6.07) is 0. The molecular weight excluding hydrogens is 288 g/mol. The van der Waals surface area contributed by atoms with Crippen molar-refractivity contribution in [1.82, 2.24) is 0 Å². The molecule has 0 aliphatic heterocycles. The molecule has 0 aromatic heterocycles. The van der Waals surface area contributed by atoms with Crippen LogP contribution in [-0.4, -0.2) is 19.5 Å². The van der Waals surface area contributed by atoms with E-state index in [2.05, 4.69) is 10.2 Å². The molecule has 1 amide bonds. The van der Waals surface area contributed by atoms with Crippen LogP contribution in [-0.2, 0) is 25.9 Å². The zero-order chi connectivity index (χ0) is 5.70. The van der Waals surface area contributed by atoms with Gasteiger partial charge in [0.25, 0.3) is 6.54 Å². The Kier molecular flexibility index (Phi) is 18.7. The maximum absolute atomic E-state index is 10.0. The first kappa shape index (κ1) is 15.9. The first-order chi connectivity index (χ1) is 3.31. The molecule has 0 bridgehead atoms. The molecule has 0 unspecified atom stereocenters. The van der Waals surface area contributed by atoms with Crippen molar-refractivity contribution in [3.63, 3.8) is 0 Å². The Labute approximate surface area is 69.9 Å². The third kappa shape index (κ3) is 11.3. The number of nitrogens with zero attached hydrogens (tertiary/aromatic N) is 2. The van der Waals surface area contributed by atoms with Gasteiger partial charge in [0.2, 0.25) is 0 Å². The van der Waals surface area contributed by atoms with Gasteiger partial charge < -0.3 is 22.4 Å². The summed E-state index contributed by atoms with van der Waals surface area (Å²) in [5.74, 6) is -0.352. The summed E-state index contributed by atoms with van der Waals surface area (Å²) in [5.41, 5.74) is 0. The van der Waals surface area contributed by atoms with E-state index in [1.165, 1.54) is 7.05 Å². The number of amides is 1. The third-order valence-electron chi connectivity index (χ3n) is 0.464. The molecule has 0 rings (SSSR count). The van der Waals surface area contributed by atoms with Crippen molar-refractivity contribution in [2.45, 2.75) is 0 Å². The predicted octanol–water partition coefficient (Wildman–Crippen LogP) is 0.884. The molecule has 0 fully saturated rings. The van der Waals surface area contributed by atoms with Gasteiger partial charge in [-0.3, -0.25) is 0 Å². The number of hydrogen-bond donors (Lipinski definition) is 0. The van der Waals surface area contributed by atoms with Crippen LogP contribution >= 0.6 is 0 Å². The first-order valence-corrected chi connectivity index (χ1v) is 1.77. The summed E-state index contributed by atoms with van der Waals surface area (Å²) >= 11 is 0. The molecule has 0 aliphatic carbocycles. The number of carbonyl (C=O) groups is 1. The second-order valence-corrected chi connectivity index (χ2v) is 0.934. The first-order valence-electron chi connectivity index (χ1n) is 1.77. The van der Waals surface area contributed by atoms with E-state index in [-0.39, 0.29) is 40.9 Å². The molecule has 0 aromatic carbocycles. The van der Waals surface area contributed by atoms with Crippen molar-refractivity contribution in [2.75, 3.05) is 13.6 Å². The van der Waals surface area contributed by atoms with Gasteiger partial charge in [0, 0.05) is 0 Å². The summed E-state index contributed by atoms with van der Waals surface area (Å²) in [5, 5.41) is 3.23. The molecule has 50 valence electrons. The van der Waals surface area contributed by atoms with Crippen molar-refractivity contribution < 1.29 is 25.9 Å². The van der Waals surface area contributed by atoms with Gasteiger partial charge in [0.1, 0.15) is 5.91 Å². The van der Waals surface area contributed by atoms with Gasteiger partial charge >= 0.3 is 21.1 Å². The van der Waals surface area contributed by atoms with Gasteiger partial charge in [-0.1, -0.05) is 0 Å². The van der Waals surface area contributed by atoms with E-state index >= 15 is 0 Å². The Bertz CT molecular complexity index is 108. The van der Waals surface area contributed by atoms with E-state index in [9.17, 15) is 4.79 Å². The molecule has 0 saturated heterocycles. The fourth-order valence-corrected chi connectivity index (χ4v) is 0.138. The molecule has 0 aliphatic rings. The average Bonchev–Trinajstić information content (AvgIpc) is 1.68. The quantitative estimate of drug-likeness (QED) is 0.662. The number of carbonyl (C=O) groups excluding carboxylic acids is 1. The van der Waals surface area contributed by atoms with Crippen LogP contribution in [0, 0.1) is 14.0 Å². The van der Waals surface area contributed by atoms with Gasteiger partial charge in [-0.2, -0.15) is 0 Å². The number of hydrogen-bond acceptors (Lipinski definition) is 1. The van der Waals surface area contributed by atoms with Crippen molar-refractivity contribution in [2.24, 2.45) is 0 Å². The third-order valence-corrected chi connectivity index (χ3v) is 0.464. The molecule has 0 aromatic rings.